The van der Waals surface area contributed by atoms with Crippen molar-refractivity contribution in [3.05, 3.63) is 65.2 Å². The van der Waals surface area contributed by atoms with Gasteiger partial charge in [-0.2, -0.15) is 0 Å². The molecule has 1 amide bonds. The smallest absolute Gasteiger partial charge is 0.237 e. The number of halogens is 2. The quantitative estimate of drug-likeness (QED) is 0.876. The maximum Gasteiger partial charge on any atom is 0.237 e. The van der Waals surface area contributed by atoms with E-state index in [1.54, 1.807) is 6.92 Å². The van der Waals surface area contributed by atoms with Gasteiger partial charge in [-0.1, -0.05) is 30.3 Å². The second-order valence-electron chi connectivity index (χ2n) is 4.97. The number of carbonyl (C=O) groups is 1. The van der Waals surface area contributed by atoms with Crippen molar-refractivity contribution in [2.24, 2.45) is 0 Å². The first-order valence-electron chi connectivity index (χ1n) is 6.90. The van der Waals surface area contributed by atoms with E-state index in [2.05, 4.69) is 5.32 Å². The van der Waals surface area contributed by atoms with Crippen molar-refractivity contribution in [2.75, 3.05) is 5.32 Å². The molecule has 2 rings (SSSR count). The van der Waals surface area contributed by atoms with Crippen LogP contribution in [0.15, 0.2) is 42.5 Å². The molecule has 1 N–H and O–H groups in total. The third kappa shape index (κ3) is 4.07. The minimum atomic E-state index is -0.774. The first-order chi connectivity index (χ1) is 10.5. The van der Waals surface area contributed by atoms with E-state index in [1.165, 1.54) is 17.8 Å². The SMILES string of the molecule is Cc1ccccc1CSC(C)C(=O)Nc1c(F)cccc1F. The lowest BCUT2D eigenvalue weighted by molar-refractivity contribution is -0.115. The molecule has 116 valence electrons. The number of hydrogen-bond acceptors (Lipinski definition) is 2. The summed E-state index contributed by atoms with van der Waals surface area (Å²) in [4.78, 5) is 12.1. The largest absolute Gasteiger partial charge is 0.320 e. The second-order valence-corrected chi connectivity index (χ2v) is 6.29. The monoisotopic (exact) mass is 321 g/mol. The van der Waals surface area contributed by atoms with Crippen LogP contribution in [-0.4, -0.2) is 11.2 Å². The molecule has 22 heavy (non-hydrogen) atoms. The summed E-state index contributed by atoms with van der Waals surface area (Å²) in [5.41, 5.74) is 1.91. The molecule has 0 radical (unpaired) electrons. The van der Waals surface area contributed by atoms with E-state index < -0.39 is 28.5 Å². The zero-order valence-electron chi connectivity index (χ0n) is 12.4. The summed E-state index contributed by atoms with van der Waals surface area (Å²) in [6.07, 6.45) is 0. The van der Waals surface area contributed by atoms with E-state index >= 15 is 0 Å². The number of benzene rings is 2. The molecule has 0 spiro atoms. The van der Waals surface area contributed by atoms with E-state index in [9.17, 15) is 13.6 Å². The van der Waals surface area contributed by atoms with Crippen molar-refractivity contribution in [1.29, 1.82) is 0 Å². The summed E-state index contributed by atoms with van der Waals surface area (Å²) in [6.45, 7) is 3.73. The molecule has 0 aliphatic heterocycles. The van der Waals surface area contributed by atoms with E-state index in [1.807, 2.05) is 31.2 Å². The summed E-state index contributed by atoms with van der Waals surface area (Å²) >= 11 is 1.43. The van der Waals surface area contributed by atoms with Crippen LogP contribution in [0.4, 0.5) is 14.5 Å². The first-order valence-corrected chi connectivity index (χ1v) is 7.95. The van der Waals surface area contributed by atoms with Crippen LogP contribution < -0.4 is 5.32 Å². The van der Waals surface area contributed by atoms with Crippen LogP contribution >= 0.6 is 11.8 Å². The Kier molecular flexibility index (Phi) is 5.55. The number of rotatable bonds is 5. The van der Waals surface area contributed by atoms with E-state index in [0.29, 0.717) is 5.75 Å². The number of nitrogens with one attached hydrogen (secondary N) is 1. The fourth-order valence-electron chi connectivity index (χ4n) is 1.90. The molecule has 2 aromatic carbocycles. The molecule has 2 aromatic rings. The summed E-state index contributed by atoms with van der Waals surface area (Å²) in [5.74, 6) is -1.29. The Bertz CT molecular complexity index is 655. The maximum absolute atomic E-state index is 13.5. The highest BCUT2D eigenvalue weighted by Gasteiger charge is 2.17. The molecule has 0 aliphatic carbocycles. The molecule has 0 heterocycles. The van der Waals surface area contributed by atoms with Crippen molar-refractivity contribution in [3.63, 3.8) is 0 Å². The number of thioether (sulfide) groups is 1. The molecule has 0 bridgehead atoms. The van der Waals surface area contributed by atoms with Crippen LogP contribution in [0.25, 0.3) is 0 Å². The zero-order chi connectivity index (χ0) is 16.1. The van der Waals surface area contributed by atoms with Gasteiger partial charge in [0, 0.05) is 5.75 Å². The van der Waals surface area contributed by atoms with Crippen LogP contribution in [0.3, 0.4) is 0 Å². The minimum Gasteiger partial charge on any atom is -0.320 e. The number of amides is 1. The van der Waals surface area contributed by atoms with Crippen molar-refractivity contribution in [2.45, 2.75) is 24.9 Å². The lowest BCUT2D eigenvalue weighted by Crippen LogP contribution is -2.23. The summed E-state index contributed by atoms with van der Waals surface area (Å²) in [5, 5.41) is 1.90. The van der Waals surface area contributed by atoms with Gasteiger partial charge in [0.25, 0.3) is 0 Å². The highest BCUT2D eigenvalue weighted by molar-refractivity contribution is 7.99. The third-order valence-corrected chi connectivity index (χ3v) is 4.52. The van der Waals surface area contributed by atoms with E-state index in [4.69, 9.17) is 0 Å². The topological polar surface area (TPSA) is 29.1 Å². The Balaban J connectivity index is 1.97. The molecule has 1 unspecified atom stereocenters. The Hall–Kier alpha value is -1.88. The molecule has 1 atom stereocenters. The van der Waals surface area contributed by atoms with Gasteiger partial charge in [-0.15, -0.1) is 11.8 Å². The summed E-state index contributed by atoms with van der Waals surface area (Å²) in [6, 6.07) is 11.4. The Labute approximate surface area is 132 Å². The maximum atomic E-state index is 13.5. The number of carbonyl (C=O) groups excluding carboxylic acids is 1. The van der Waals surface area contributed by atoms with Crippen molar-refractivity contribution in [1.82, 2.24) is 0 Å². The van der Waals surface area contributed by atoms with Gasteiger partial charge < -0.3 is 5.32 Å². The molecule has 5 heteroatoms. The predicted octanol–water partition coefficient (Wildman–Crippen LogP) is 4.53. The van der Waals surface area contributed by atoms with E-state index in [0.717, 1.165) is 23.3 Å². The average molecular weight is 321 g/mol. The number of hydrogen-bond donors (Lipinski definition) is 1. The zero-order valence-corrected chi connectivity index (χ0v) is 13.2. The number of para-hydroxylation sites is 1. The Morgan fingerprint density at radius 2 is 1.77 bits per heavy atom. The fraction of sp³-hybridized carbons (Fsp3) is 0.235. The van der Waals surface area contributed by atoms with Crippen molar-refractivity contribution >= 4 is 23.4 Å². The predicted molar refractivity (Wildman–Crippen MR) is 86.9 cm³/mol. The lowest BCUT2D eigenvalue weighted by atomic mass is 10.1. The van der Waals surface area contributed by atoms with Gasteiger partial charge in [-0.3, -0.25) is 4.79 Å². The standard InChI is InChI=1S/C17H17F2NOS/c1-11-6-3-4-7-13(11)10-22-12(2)17(21)20-16-14(18)8-5-9-15(16)19/h3-9,12H,10H2,1-2H3,(H,20,21). The van der Waals surface area contributed by atoms with Gasteiger partial charge in [0.1, 0.15) is 17.3 Å². The summed E-state index contributed by atoms with van der Waals surface area (Å²) in [7, 11) is 0. The molecule has 0 aromatic heterocycles. The molecule has 0 saturated carbocycles. The number of anilines is 1. The van der Waals surface area contributed by atoms with Gasteiger partial charge in [0.05, 0.1) is 5.25 Å². The minimum absolute atomic E-state index is 0.393. The molecule has 0 aliphatic rings. The van der Waals surface area contributed by atoms with Crippen LogP contribution in [0.1, 0.15) is 18.1 Å². The third-order valence-electron chi connectivity index (χ3n) is 3.33. The highest BCUT2D eigenvalue weighted by atomic mass is 32.2. The van der Waals surface area contributed by atoms with Gasteiger partial charge in [-0.05, 0) is 37.1 Å². The fourth-order valence-corrected chi connectivity index (χ4v) is 2.87. The van der Waals surface area contributed by atoms with Gasteiger partial charge in [0.15, 0.2) is 0 Å². The van der Waals surface area contributed by atoms with Gasteiger partial charge >= 0.3 is 0 Å². The Morgan fingerprint density at radius 1 is 1.14 bits per heavy atom. The normalized spacial score (nSPS) is 12.0. The number of aryl methyl sites for hydroxylation is 1. The van der Waals surface area contributed by atoms with Crippen LogP contribution in [-0.2, 0) is 10.5 Å². The molecule has 0 fully saturated rings. The average Bonchev–Trinajstić information content (AvgIpc) is 2.49. The summed E-state index contributed by atoms with van der Waals surface area (Å²) < 4.78 is 27.0. The first kappa shape index (κ1) is 16.5. The highest BCUT2D eigenvalue weighted by Crippen LogP contribution is 2.23. The van der Waals surface area contributed by atoms with Gasteiger partial charge in [0.2, 0.25) is 5.91 Å². The second kappa shape index (κ2) is 7.40. The molecule has 2 nitrogen and oxygen atoms in total. The van der Waals surface area contributed by atoms with E-state index in [-0.39, 0.29) is 0 Å². The van der Waals surface area contributed by atoms with Crippen LogP contribution in [0.2, 0.25) is 0 Å². The van der Waals surface area contributed by atoms with Gasteiger partial charge in [-0.25, -0.2) is 8.78 Å². The molecule has 0 saturated heterocycles. The lowest BCUT2D eigenvalue weighted by Gasteiger charge is -2.13. The van der Waals surface area contributed by atoms with Crippen LogP contribution in [0.5, 0.6) is 0 Å². The molecular formula is C17H17F2NOS. The molecular weight excluding hydrogens is 304 g/mol. The van der Waals surface area contributed by atoms with Crippen molar-refractivity contribution < 1.29 is 13.6 Å². The Morgan fingerprint density at radius 3 is 2.41 bits per heavy atom. The van der Waals surface area contributed by atoms with Crippen molar-refractivity contribution in [3.8, 4) is 0 Å². The van der Waals surface area contributed by atoms with Crippen LogP contribution in [0, 0.1) is 18.6 Å².